The zero-order valence-electron chi connectivity index (χ0n) is 9.64. The van der Waals surface area contributed by atoms with Gasteiger partial charge in [-0.2, -0.15) is 0 Å². The van der Waals surface area contributed by atoms with Gasteiger partial charge in [-0.25, -0.2) is 0 Å². The number of rotatable bonds is 2. The monoisotopic (exact) mass is 352 g/mol. The molecule has 2 aromatic rings. The molecular formula is C15H18BaO. The van der Waals surface area contributed by atoms with E-state index in [0.717, 1.165) is 0 Å². The molecule has 0 aromatic heterocycles. The fourth-order valence-corrected chi connectivity index (χ4v) is 1.90. The summed E-state index contributed by atoms with van der Waals surface area (Å²) in [5.41, 5.74) is 2.45. The summed E-state index contributed by atoms with van der Waals surface area (Å²) in [6.45, 7) is 4.38. The number of hydrogen-bond donors (Lipinski definition) is 1. The van der Waals surface area contributed by atoms with Crippen molar-refractivity contribution in [3.63, 3.8) is 0 Å². The van der Waals surface area contributed by atoms with Crippen molar-refractivity contribution in [3.8, 4) is 5.75 Å². The van der Waals surface area contributed by atoms with Crippen molar-refractivity contribution in [1.82, 2.24) is 0 Å². The van der Waals surface area contributed by atoms with E-state index in [0.29, 0.717) is 5.75 Å². The van der Waals surface area contributed by atoms with Crippen LogP contribution in [0.2, 0.25) is 0 Å². The van der Waals surface area contributed by atoms with Crippen molar-refractivity contribution < 1.29 is 5.11 Å². The number of phenolic OH excluding ortho intramolecular Hbond substituents is 1. The Morgan fingerprint density at radius 2 is 1.24 bits per heavy atom. The van der Waals surface area contributed by atoms with Gasteiger partial charge in [-0.15, -0.1) is 0 Å². The van der Waals surface area contributed by atoms with E-state index in [1.807, 2.05) is 18.2 Å². The maximum atomic E-state index is 9.29. The molecule has 2 rings (SSSR count). The van der Waals surface area contributed by atoms with E-state index in [9.17, 15) is 5.11 Å². The summed E-state index contributed by atoms with van der Waals surface area (Å²) in [6.07, 6.45) is 0. The normalized spacial score (nSPS) is 10.7. The van der Waals surface area contributed by atoms with Gasteiger partial charge in [0.2, 0.25) is 0 Å². The van der Waals surface area contributed by atoms with Crippen LogP contribution in [0, 0.1) is 0 Å². The predicted molar refractivity (Wildman–Crippen MR) is 75.2 cm³/mol. The van der Waals surface area contributed by atoms with Crippen LogP contribution in [0.1, 0.15) is 25.0 Å². The second-order valence-electron chi connectivity index (χ2n) is 4.54. The molecule has 0 unspecified atom stereocenters. The van der Waals surface area contributed by atoms with Crippen LogP contribution in [0.4, 0.5) is 0 Å². The van der Waals surface area contributed by atoms with Crippen molar-refractivity contribution in [3.05, 3.63) is 65.7 Å². The van der Waals surface area contributed by atoms with E-state index in [2.05, 4.69) is 38.1 Å². The third-order valence-corrected chi connectivity index (χ3v) is 3.08. The fourth-order valence-electron chi connectivity index (χ4n) is 1.90. The molecule has 0 radical (unpaired) electrons. The van der Waals surface area contributed by atoms with Gasteiger partial charge < -0.3 is 5.11 Å². The first-order chi connectivity index (χ1) is 7.60. The zero-order chi connectivity index (χ0) is 11.6. The van der Waals surface area contributed by atoms with Crippen molar-refractivity contribution in [1.29, 1.82) is 0 Å². The van der Waals surface area contributed by atoms with Crippen LogP contribution in [0.25, 0.3) is 0 Å². The van der Waals surface area contributed by atoms with E-state index >= 15 is 0 Å². The molecule has 0 atom stereocenters. The standard InChI is InChI=1S/C15H16O.Ba.2H/c1-15(2,12-6-4-3-5-7-12)13-8-10-14(16)11-9-13;;;/h3-11,16H,1-2H3;;;. The summed E-state index contributed by atoms with van der Waals surface area (Å²) in [5.74, 6) is 0.313. The van der Waals surface area contributed by atoms with Crippen LogP contribution in [-0.4, -0.2) is 54.0 Å². The first-order valence-corrected chi connectivity index (χ1v) is 5.46. The van der Waals surface area contributed by atoms with Gasteiger partial charge in [0, 0.05) is 5.41 Å². The first kappa shape index (κ1) is 14.9. The molecule has 1 nitrogen and oxygen atoms in total. The van der Waals surface area contributed by atoms with Crippen molar-refractivity contribution in [2.45, 2.75) is 19.3 Å². The molecule has 2 aromatic carbocycles. The van der Waals surface area contributed by atoms with Crippen LogP contribution in [0.3, 0.4) is 0 Å². The van der Waals surface area contributed by atoms with Gasteiger partial charge in [0.1, 0.15) is 5.75 Å². The molecule has 17 heavy (non-hydrogen) atoms. The molecule has 0 bridgehead atoms. The van der Waals surface area contributed by atoms with Crippen molar-refractivity contribution in [2.24, 2.45) is 0 Å². The molecule has 86 valence electrons. The van der Waals surface area contributed by atoms with Gasteiger partial charge in [0.05, 0.1) is 0 Å². The number of hydrogen-bond acceptors (Lipinski definition) is 1. The fraction of sp³-hybridized carbons (Fsp3) is 0.200. The molecule has 1 N–H and O–H groups in total. The maximum absolute atomic E-state index is 9.29. The van der Waals surface area contributed by atoms with E-state index in [4.69, 9.17) is 0 Å². The second-order valence-corrected chi connectivity index (χ2v) is 4.54. The SMILES string of the molecule is CC(C)(c1ccccc1)c1ccc(O)cc1.[BaH2]. The molecule has 0 saturated carbocycles. The Kier molecular flexibility index (Phi) is 5.35. The van der Waals surface area contributed by atoms with Crippen molar-refractivity contribution in [2.75, 3.05) is 0 Å². The summed E-state index contributed by atoms with van der Waals surface area (Å²) in [5, 5.41) is 9.29. The predicted octanol–water partition coefficient (Wildman–Crippen LogP) is 2.80. The Morgan fingerprint density at radius 1 is 0.765 bits per heavy atom. The Morgan fingerprint density at radius 3 is 1.76 bits per heavy atom. The Hall–Kier alpha value is -0.189. The number of phenols is 1. The van der Waals surface area contributed by atoms with Gasteiger partial charge in [-0.1, -0.05) is 56.3 Å². The summed E-state index contributed by atoms with van der Waals surface area (Å²) >= 11 is 0. The van der Waals surface area contributed by atoms with Crippen molar-refractivity contribution >= 4 is 48.9 Å². The van der Waals surface area contributed by atoms with E-state index in [1.165, 1.54) is 11.1 Å². The first-order valence-electron chi connectivity index (χ1n) is 5.46. The van der Waals surface area contributed by atoms with Gasteiger partial charge >= 0.3 is 48.9 Å². The number of benzene rings is 2. The Bertz CT molecular complexity index is 460. The minimum absolute atomic E-state index is 0. The zero-order valence-corrected chi connectivity index (χ0v) is 9.64. The van der Waals surface area contributed by atoms with Crippen LogP contribution >= 0.6 is 0 Å². The van der Waals surface area contributed by atoms with Crippen LogP contribution in [0.15, 0.2) is 54.6 Å². The Labute approximate surface area is 143 Å². The molecule has 0 spiro atoms. The molecule has 0 heterocycles. The molecule has 0 aliphatic rings. The summed E-state index contributed by atoms with van der Waals surface area (Å²) in [7, 11) is 0. The Balaban J connectivity index is 0.00000144. The molecular weight excluding hydrogens is 333 g/mol. The molecule has 0 aliphatic carbocycles. The second kappa shape index (κ2) is 6.12. The summed E-state index contributed by atoms with van der Waals surface area (Å²) in [4.78, 5) is 0. The van der Waals surface area contributed by atoms with Gasteiger partial charge in [-0.3, -0.25) is 0 Å². The summed E-state index contributed by atoms with van der Waals surface area (Å²) < 4.78 is 0. The third kappa shape index (κ3) is 3.39. The quantitative estimate of drug-likeness (QED) is 0.825. The van der Waals surface area contributed by atoms with Gasteiger partial charge in [-0.05, 0) is 23.3 Å². The van der Waals surface area contributed by atoms with Gasteiger partial charge in [0.25, 0.3) is 0 Å². The molecule has 0 amide bonds. The summed E-state index contributed by atoms with van der Waals surface area (Å²) in [6, 6.07) is 17.8. The molecule has 2 heteroatoms. The molecule has 0 saturated heterocycles. The van der Waals surface area contributed by atoms with E-state index in [1.54, 1.807) is 12.1 Å². The van der Waals surface area contributed by atoms with Crippen LogP contribution in [-0.2, 0) is 5.41 Å². The molecule has 0 aliphatic heterocycles. The minimum atomic E-state index is -0.0328. The average Bonchev–Trinajstić information content (AvgIpc) is 2.31. The van der Waals surface area contributed by atoms with E-state index in [-0.39, 0.29) is 54.3 Å². The van der Waals surface area contributed by atoms with Gasteiger partial charge in [0.15, 0.2) is 0 Å². The third-order valence-electron chi connectivity index (χ3n) is 3.08. The van der Waals surface area contributed by atoms with Crippen LogP contribution < -0.4 is 0 Å². The topological polar surface area (TPSA) is 20.2 Å². The van der Waals surface area contributed by atoms with E-state index < -0.39 is 0 Å². The molecule has 0 fully saturated rings. The average molecular weight is 352 g/mol. The number of aromatic hydroxyl groups is 1. The van der Waals surface area contributed by atoms with Crippen LogP contribution in [0.5, 0.6) is 5.75 Å².